The zero-order valence-corrected chi connectivity index (χ0v) is 17.2. The van der Waals surface area contributed by atoms with Crippen LogP contribution >= 0.6 is 12.4 Å². The van der Waals surface area contributed by atoms with Crippen LogP contribution < -0.4 is 11.1 Å². The third-order valence-corrected chi connectivity index (χ3v) is 4.45. The van der Waals surface area contributed by atoms with E-state index in [1.165, 1.54) is 0 Å². The van der Waals surface area contributed by atoms with Gasteiger partial charge in [0.15, 0.2) is 0 Å². The average Bonchev–Trinajstić information content (AvgIpc) is 2.52. The molecule has 0 aromatic heterocycles. The van der Waals surface area contributed by atoms with E-state index in [-0.39, 0.29) is 41.7 Å². The Morgan fingerprint density at radius 3 is 2.28 bits per heavy atom. The Labute approximate surface area is 158 Å². The van der Waals surface area contributed by atoms with Gasteiger partial charge in [-0.2, -0.15) is 0 Å². The number of halogens is 1. The third kappa shape index (κ3) is 8.38. The number of nitrogens with zero attached hydrogens (tertiary/aromatic N) is 1. The number of ether oxygens (including phenoxy) is 1. The highest BCUT2D eigenvalue weighted by Crippen LogP contribution is 2.23. The van der Waals surface area contributed by atoms with Gasteiger partial charge in [0.1, 0.15) is 0 Å². The summed E-state index contributed by atoms with van der Waals surface area (Å²) in [6, 6.07) is -0.496. The lowest BCUT2D eigenvalue weighted by Crippen LogP contribution is -2.53. The average molecular weight is 378 g/mol. The molecule has 0 radical (unpaired) electrons. The zero-order valence-electron chi connectivity index (χ0n) is 16.3. The van der Waals surface area contributed by atoms with Crippen LogP contribution in [-0.4, -0.2) is 55.1 Å². The first-order valence-electron chi connectivity index (χ1n) is 9.06. The molecule has 0 saturated carbocycles. The smallest absolute Gasteiger partial charge is 0.240 e. The van der Waals surface area contributed by atoms with E-state index >= 15 is 0 Å². The van der Waals surface area contributed by atoms with Crippen molar-refractivity contribution in [3.8, 4) is 0 Å². The maximum absolute atomic E-state index is 12.4. The number of hydrogen-bond acceptors (Lipinski definition) is 4. The number of carbonyl (C=O) groups excluding carboxylic acids is 2. The minimum atomic E-state index is -0.496. The molecule has 148 valence electrons. The minimum Gasteiger partial charge on any atom is -0.379 e. The van der Waals surface area contributed by atoms with Crippen molar-refractivity contribution in [3.05, 3.63) is 0 Å². The molecule has 0 aromatic carbocycles. The first kappa shape index (κ1) is 24.1. The Balaban J connectivity index is 0.00000576. The number of likely N-dealkylation sites (tertiary alicyclic amines) is 1. The van der Waals surface area contributed by atoms with Crippen LogP contribution in [0.5, 0.6) is 0 Å². The maximum atomic E-state index is 12.4. The maximum Gasteiger partial charge on any atom is 0.240 e. The summed E-state index contributed by atoms with van der Waals surface area (Å²) in [5, 5.41) is 2.97. The van der Waals surface area contributed by atoms with Crippen molar-refractivity contribution in [3.63, 3.8) is 0 Å². The van der Waals surface area contributed by atoms with Gasteiger partial charge in [0.05, 0.1) is 12.1 Å². The van der Waals surface area contributed by atoms with Crippen LogP contribution in [0.4, 0.5) is 0 Å². The molecule has 1 aliphatic rings. The summed E-state index contributed by atoms with van der Waals surface area (Å²) in [6.45, 7) is 12.4. The summed E-state index contributed by atoms with van der Waals surface area (Å²) in [6.07, 6.45) is 2.46. The second-order valence-electron chi connectivity index (χ2n) is 8.01. The summed E-state index contributed by atoms with van der Waals surface area (Å²) in [5.41, 5.74) is 5.81. The molecule has 0 aromatic rings. The number of rotatable bonds is 7. The highest BCUT2D eigenvalue weighted by atomic mass is 35.5. The number of nitrogens with one attached hydrogen (secondary N) is 1. The van der Waals surface area contributed by atoms with Crippen LogP contribution in [0, 0.1) is 11.3 Å². The SMILES string of the molecule is CC(C)OCCCNC(=O)C1CCN(C(=O)[C@@H](N)C(C)(C)C)CC1.Cl. The monoisotopic (exact) mass is 377 g/mol. The minimum absolute atomic E-state index is 0. The van der Waals surface area contributed by atoms with Crippen LogP contribution in [0.1, 0.15) is 53.9 Å². The summed E-state index contributed by atoms with van der Waals surface area (Å²) in [4.78, 5) is 26.4. The lowest BCUT2D eigenvalue weighted by molar-refractivity contribution is -0.138. The van der Waals surface area contributed by atoms with Gasteiger partial charge in [-0.25, -0.2) is 0 Å². The predicted molar refractivity (Wildman–Crippen MR) is 103 cm³/mol. The molecule has 25 heavy (non-hydrogen) atoms. The van der Waals surface area contributed by atoms with E-state index in [2.05, 4.69) is 5.32 Å². The lowest BCUT2D eigenvalue weighted by Gasteiger charge is -2.36. The van der Waals surface area contributed by atoms with Crippen LogP contribution in [0.2, 0.25) is 0 Å². The molecule has 1 rings (SSSR count). The van der Waals surface area contributed by atoms with Gasteiger partial charge < -0.3 is 20.7 Å². The number of hydrogen-bond donors (Lipinski definition) is 2. The Kier molecular flexibility index (Phi) is 10.6. The van der Waals surface area contributed by atoms with Crippen LogP contribution in [0.25, 0.3) is 0 Å². The van der Waals surface area contributed by atoms with Crippen molar-refractivity contribution in [2.75, 3.05) is 26.2 Å². The molecular formula is C18H36ClN3O3. The van der Waals surface area contributed by atoms with Gasteiger partial charge in [0, 0.05) is 32.2 Å². The fourth-order valence-corrected chi connectivity index (χ4v) is 2.68. The van der Waals surface area contributed by atoms with Crippen molar-refractivity contribution in [1.82, 2.24) is 10.2 Å². The van der Waals surface area contributed by atoms with E-state index in [9.17, 15) is 9.59 Å². The molecule has 1 heterocycles. The molecule has 1 aliphatic heterocycles. The normalized spacial score (nSPS) is 17.2. The Morgan fingerprint density at radius 2 is 1.80 bits per heavy atom. The van der Waals surface area contributed by atoms with E-state index in [1.54, 1.807) is 4.90 Å². The quantitative estimate of drug-likeness (QED) is 0.664. The fraction of sp³-hybridized carbons (Fsp3) is 0.889. The van der Waals surface area contributed by atoms with Gasteiger partial charge in [0.2, 0.25) is 11.8 Å². The Bertz CT molecular complexity index is 416. The summed E-state index contributed by atoms with van der Waals surface area (Å²) in [5.74, 6) is 0.0740. The molecule has 7 heteroatoms. The van der Waals surface area contributed by atoms with Crippen molar-refractivity contribution in [2.24, 2.45) is 17.1 Å². The van der Waals surface area contributed by atoms with Gasteiger partial charge in [-0.1, -0.05) is 20.8 Å². The van der Waals surface area contributed by atoms with E-state index in [1.807, 2.05) is 34.6 Å². The van der Waals surface area contributed by atoms with Gasteiger partial charge >= 0.3 is 0 Å². The Morgan fingerprint density at radius 1 is 1.24 bits per heavy atom. The number of nitrogens with two attached hydrogens (primary N) is 1. The van der Waals surface area contributed by atoms with Crippen LogP contribution in [0.15, 0.2) is 0 Å². The fourth-order valence-electron chi connectivity index (χ4n) is 2.68. The van der Waals surface area contributed by atoms with Crippen LogP contribution in [0.3, 0.4) is 0 Å². The van der Waals surface area contributed by atoms with Crippen LogP contribution in [-0.2, 0) is 14.3 Å². The van der Waals surface area contributed by atoms with E-state index in [0.29, 0.717) is 39.1 Å². The second kappa shape index (κ2) is 11.0. The summed E-state index contributed by atoms with van der Waals surface area (Å²) < 4.78 is 5.45. The molecular weight excluding hydrogens is 342 g/mol. The van der Waals surface area contributed by atoms with Gasteiger partial charge in [-0.3, -0.25) is 9.59 Å². The summed E-state index contributed by atoms with van der Waals surface area (Å²) >= 11 is 0. The first-order chi connectivity index (χ1) is 11.1. The first-order valence-corrected chi connectivity index (χ1v) is 9.06. The molecule has 1 saturated heterocycles. The molecule has 6 nitrogen and oxygen atoms in total. The van der Waals surface area contributed by atoms with Crippen molar-refractivity contribution in [2.45, 2.75) is 66.0 Å². The predicted octanol–water partition coefficient (Wildman–Crippen LogP) is 1.95. The Hall–Kier alpha value is -0.850. The molecule has 1 atom stereocenters. The second-order valence-corrected chi connectivity index (χ2v) is 8.01. The van der Waals surface area contributed by atoms with Gasteiger partial charge in [0.25, 0.3) is 0 Å². The van der Waals surface area contributed by atoms with E-state index < -0.39 is 6.04 Å². The highest BCUT2D eigenvalue weighted by Gasteiger charge is 2.34. The van der Waals surface area contributed by atoms with Gasteiger partial charge in [-0.15, -0.1) is 12.4 Å². The van der Waals surface area contributed by atoms with E-state index in [4.69, 9.17) is 10.5 Å². The third-order valence-electron chi connectivity index (χ3n) is 4.45. The molecule has 0 aliphatic carbocycles. The highest BCUT2D eigenvalue weighted by molar-refractivity contribution is 5.85. The van der Waals surface area contributed by atoms with Gasteiger partial charge in [-0.05, 0) is 38.5 Å². The molecule has 0 unspecified atom stereocenters. The van der Waals surface area contributed by atoms with Crippen molar-refractivity contribution in [1.29, 1.82) is 0 Å². The number of piperidine rings is 1. The summed E-state index contributed by atoms with van der Waals surface area (Å²) in [7, 11) is 0. The molecule has 3 N–H and O–H groups in total. The number of amides is 2. The molecule has 1 fully saturated rings. The molecule has 2 amide bonds. The number of carbonyl (C=O) groups is 2. The standard InChI is InChI=1S/C18H35N3O3.ClH/c1-13(2)24-12-6-9-20-16(22)14-7-10-21(11-8-14)17(23)15(19)18(3,4)5;/h13-15H,6-12,19H2,1-5H3,(H,20,22);1H/t15-;/m1./s1. The topological polar surface area (TPSA) is 84.7 Å². The van der Waals surface area contributed by atoms with E-state index in [0.717, 1.165) is 6.42 Å². The van der Waals surface area contributed by atoms with Crippen molar-refractivity contribution < 1.29 is 14.3 Å². The zero-order chi connectivity index (χ0) is 18.3. The molecule has 0 spiro atoms. The lowest BCUT2D eigenvalue weighted by atomic mass is 9.86. The van der Waals surface area contributed by atoms with Crippen molar-refractivity contribution >= 4 is 24.2 Å². The molecule has 0 bridgehead atoms. The largest absolute Gasteiger partial charge is 0.379 e.